The molecule has 0 fully saturated rings. The van der Waals surface area contributed by atoms with E-state index in [0.29, 0.717) is 0 Å². The quantitative estimate of drug-likeness (QED) is 0.605. The van der Waals surface area contributed by atoms with Crippen molar-refractivity contribution in [3.63, 3.8) is 0 Å². The second kappa shape index (κ2) is 3.46. The molecule has 1 atom stereocenters. The maximum atomic E-state index is 13.0. The van der Waals surface area contributed by atoms with Gasteiger partial charge >= 0.3 is 0 Å². The second-order valence-corrected chi connectivity index (χ2v) is 4.02. The van der Waals surface area contributed by atoms with Crippen molar-refractivity contribution in [1.82, 2.24) is 0 Å². The number of rotatable bonds is 4. The van der Waals surface area contributed by atoms with Crippen molar-refractivity contribution in [2.24, 2.45) is 5.41 Å². The van der Waals surface area contributed by atoms with Gasteiger partial charge in [0.15, 0.2) is 0 Å². The van der Waals surface area contributed by atoms with E-state index in [2.05, 4.69) is 0 Å². The van der Waals surface area contributed by atoms with E-state index in [1.165, 1.54) is 0 Å². The zero-order chi connectivity index (χ0) is 9.12. The average molecular weight is 168 g/mol. The first-order valence-electron chi connectivity index (χ1n) is 3.64. The predicted molar refractivity (Wildman–Crippen MR) is 39.9 cm³/mol. The molecule has 0 radical (unpaired) electrons. The highest BCUT2D eigenvalue weighted by atomic mass is 19.2. The summed E-state index contributed by atoms with van der Waals surface area (Å²) < 4.78 is 37.0. The Morgan fingerprint density at radius 1 is 1.00 bits per heavy atom. The van der Waals surface area contributed by atoms with Gasteiger partial charge in [0.1, 0.15) is 12.3 Å². The largest absolute Gasteiger partial charge is 0.251 e. The summed E-state index contributed by atoms with van der Waals surface area (Å²) in [5.74, 6) is 0. The maximum Gasteiger partial charge on any atom is 0.137 e. The van der Waals surface area contributed by atoms with Crippen LogP contribution in [-0.4, -0.2) is 19.0 Å². The topological polar surface area (TPSA) is 0 Å². The SMILES string of the molecule is CC(C)(CF)CC(C)(F)CF. The first-order chi connectivity index (χ1) is 4.83. The summed E-state index contributed by atoms with van der Waals surface area (Å²) in [5, 5.41) is 0. The van der Waals surface area contributed by atoms with Gasteiger partial charge in [-0.05, 0) is 18.8 Å². The molecule has 0 aliphatic rings. The van der Waals surface area contributed by atoms with Crippen LogP contribution in [0.15, 0.2) is 0 Å². The summed E-state index contributed by atoms with van der Waals surface area (Å²) in [6, 6.07) is 0. The van der Waals surface area contributed by atoms with Crippen LogP contribution in [0.1, 0.15) is 27.2 Å². The first kappa shape index (κ1) is 10.8. The monoisotopic (exact) mass is 168 g/mol. The molecule has 1 unspecified atom stereocenters. The third kappa shape index (κ3) is 4.27. The summed E-state index contributed by atoms with van der Waals surface area (Å²) in [6.07, 6.45) is -0.0764. The molecule has 0 aliphatic heterocycles. The normalized spacial score (nSPS) is 18.0. The summed E-state index contributed by atoms with van der Waals surface area (Å²) in [6.45, 7) is 2.66. The Morgan fingerprint density at radius 2 is 1.45 bits per heavy atom. The molecule has 0 saturated heterocycles. The molecule has 68 valence electrons. The Balaban J connectivity index is 4.02. The molecule has 0 saturated carbocycles. The van der Waals surface area contributed by atoms with Crippen molar-refractivity contribution in [3.05, 3.63) is 0 Å². The van der Waals surface area contributed by atoms with Crippen LogP contribution in [0.4, 0.5) is 13.2 Å². The van der Waals surface area contributed by atoms with Gasteiger partial charge in [0.05, 0.1) is 6.67 Å². The van der Waals surface area contributed by atoms with Gasteiger partial charge in [-0.2, -0.15) is 0 Å². The molecule has 0 nitrogen and oxygen atoms in total. The van der Waals surface area contributed by atoms with Gasteiger partial charge in [-0.25, -0.2) is 8.78 Å². The van der Waals surface area contributed by atoms with Crippen molar-refractivity contribution < 1.29 is 13.2 Å². The number of halogens is 3. The van der Waals surface area contributed by atoms with Crippen molar-refractivity contribution in [3.8, 4) is 0 Å². The molecule has 0 spiro atoms. The highest BCUT2D eigenvalue weighted by Crippen LogP contribution is 2.31. The van der Waals surface area contributed by atoms with E-state index < -0.39 is 24.4 Å². The molecular weight excluding hydrogens is 153 g/mol. The Kier molecular flexibility index (Phi) is 3.39. The Morgan fingerprint density at radius 3 is 1.73 bits per heavy atom. The Bertz CT molecular complexity index is 105. The molecule has 3 heteroatoms. The van der Waals surface area contributed by atoms with Gasteiger partial charge in [-0.3, -0.25) is 4.39 Å². The van der Waals surface area contributed by atoms with E-state index in [1.54, 1.807) is 13.8 Å². The van der Waals surface area contributed by atoms with E-state index >= 15 is 0 Å². The Hall–Kier alpha value is -0.210. The van der Waals surface area contributed by atoms with E-state index in [-0.39, 0.29) is 6.42 Å². The lowest BCUT2D eigenvalue weighted by Gasteiger charge is -2.27. The summed E-state index contributed by atoms with van der Waals surface area (Å²) >= 11 is 0. The third-order valence-corrected chi connectivity index (χ3v) is 1.49. The van der Waals surface area contributed by atoms with Crippen LogP contribution >= 0.6 is 0 Å². The summed E-state index contributed by atoms with van der Waals surface area (Å²) in [5.41, 5.74) is -2.63. The molecule has 0 aromatic rings. The molecule has 0 heterocycles. The minimum absolute atomic E-state index is 0.0764. The van der Waals surface area contributed by atoms with Crippen molar-refractivity contribution in [2.75, 3.05) is 13.3 Å². The fraction of sp³-hybridized carbons (Fsp3) is 1.00. The number of hydrogen-bond acceptors (Lipinski definition) is 0. The molecule has 0 aromatic heterocycles. The molecule has 0 aromatic carbocycles. The van der Waals surface area contributed by atoms with Gasteiger partial charge in [0.25, 0.3) is 0 Å². The van der Waals surface area contributed by atoms with E-state index in [9.17, 15) is 13.2 Å². The van der Waals surface area contributed by atoms with Crippen LogP contribution in [0.5, 0.6) is 0 Å². The van der Waals surface area contributed by atoms with E-state index in [0.717, 1.165) is 6.92 Å². The lowest BCUT2D eigenvalue weighted by Crippen LogP contribution is -2.30. The van der Waals surface area contributed by atoms with Crippen LogP contribution in [-0.2, 0) is 0 Å². The molecule has 0 N–H and O–H groups in total. The molecule has 0 rings (SSSR count). The zero-order valence-electron chi connectivity index (χ0n) is 7.26. The van der Waals surface area contributed by atoms with Gasteiger partial charge in [0, 0.05) is 0 Å². The second-order valence-electron chi connectivity index (χ2n) is 4.02. The number of alkyl halides is 3. The minimum Gasteiger partial charge on any atom is -0.251 e. The standard InChI is InChI=1S/C8H15F3/c1-7(2,5-9)4-8(3,11)6-10/h4-6H2,1-3H3. The van der Waals surface area contributed by atoms with E-state index in [4.69, 9.17) is 0 Å². The number of hydrogen-bond donors (Lipinski definition) is 0. The van der Waals surface area contributed by atoms with Gasteiger partial charge in [-0.15, -0.1) is 0 Å². The molecular formula is C8H15F3. The van der Waals surface area contributed by atoms with Crippen LogP contribution in [0, 0.1) is 5.41 Å². The highest BCUT2D eigenvalue weighted by molar-refractivity contribution is 4.81. The predicted octanol–water partition coefficient (Wildman–Crippen LogP) is 3.07. The van der Waals surface area contributed by atoms with Gasteiger partial charge in [-0.1, -0.05) is 13.8 Å². The van der Waals surface area contributed by atoms with Gasteiger partial charge in [0.2, 0.25) is 0 Å². The minimum atomic E-state index is -1.88. The van der Waals surface area contributed by atoms with Crippen LogP contribution < -0.4 is 0 Å². The summed E-state index contributed by atoms with van der Waals surface area (Å²) in [4.78, 5) is 0. The maximum absolute atomic E-state index is 13.0. The van der Waals surface area contributed by atoms with Crippen molar-refractivity contribution in [2.45, 2.75) is 32.9 Å². The lowest BCUT2D eigenvalue weighted by molar-refractivity contribution is 0.0681. The van der Waals surface area contributed by atoms with Crippen molar-refractivity contribution >= 4 is 0 Å². The van der Waals surface area contributed by atoms with Gasteiger partial charge < -0.3 is 0 Å². The summed E-state index contributed by atoms with van der Waals surface area (Å²) in [7, 11) is 0. The fourth-order valence-electron chi connectivity index (χ4n) is 1.09. The fourth-order valence-corrected chi connectivity index (χ4v) is 1.09. The molecule has 0 aliphatic carbocycles. The zero-order valence-corrected chi connectivity index (χ0v) is 7.26. The smallest absolute Gasteiger partial charge is 0.137 e. The van der Waals surface area contributed by atoms with Crippen LogP contribution in [0.3, 0.4) is 0 Å². The highest BCUT2D eigenvalue weighted by Gasteiger charge is 2.32. The average Bonchev–Trinajstić information content (AvgIpc) is 1.86. The molecule has 0 bridgehead atoms. The molecule has 11 heavy (non-hydrogen) atoms. The third-order valence-electron chi connectivity index (χ3n) is 1.49. The Labute approximate surface area is 65.8 Å². The van der Waals surface area contributed by atoms with E-state index in [1.807, 2.05) is 0 Å². The molecule has 0 amide bonds. The van der Waals surface area contributed by atoms with Crippen LogP contribution in [0.25, 0.3) is 0 Å². The van der Waals surface area contributed by atoms with Crippen LogP contribution in [0.2, 0.25) is 0 Å². The lowest BCUT2D eigenvalue weighted by atomic mass is 9.84. The van der Waals surface area contributed by atoms with Crippen molar-refractivity contribution in [1.29, 1.82) is 0 Å². The first-order valence-corrected chi connectivity index (χ1v) is 3.64.